The standard InChI is InChI=1S/C15H28O3/c1-11(2)10-13(16)18-14(3,4)12-6-8-15(5,17)9-7-12/h11-12,17H,6-10H2,1-5H3. The van der Waals surface area contributed by atoms with Crippen molar-refractivity contribution in [3.05, 3.63) is 0 Å². The Balaban J connectivity index is 2.51. The molecule has 0 saturated heterocycles. The molecule has 3 heteroatoms. The summed E-state index contributed by atoms with van der Waals surface area (Å²) >= 11 is 0. The van der Waals surface area contributed by atoms with Crippen LogP contribution in [0.3, 0.4) is 0 Å². The topological polar surface area (TPSA) is 46.5 Å². The molecule has 106 valence electrons. The summed E-state index contributed by atoms with van der Waals surface area (Å²) < 4.78 is 5.64. The first kappa shape index (κ1) is 15.5. The molecule has 1 fully saturated rings. The van der Waals surface area contributed by atoms with Gasteiger partial charge in [0.05, 0.1) is 5.60 Å². The highest BCUT2D eigenvalue weighted by Crippen LogP contribution is 2.39. The maximum Gasteiger partial charge on any atom is 0.306 e. The minimum atomic E-state index is -0.533. The van der Waals surface area contributed by atoms with Crippen molar-refractivity contribution in [3.63, 3.8) is 0 Å². The van der Waals surface area contributed by atoms with Gasteiger partial charge in [0.1, 0.15) is 5.60 Å². The lowest BCUT2D eigenvalue weighted by Crippen LogP contribution is -2.42. The van der Waals surface area contributed by atoms with Gasteiger partial charge < -0.3 is 9.84 Å². The first-order valence-electron chi connectivity index (χ1n) is 7.06. The maximum atomic E-state index is 11.8. The highest BCUT2D eigenvalue weighted by atomic mass is 16.6. The summed E-state index contributed by atoms with van der Waals surface area (Å²) in [6.07, 6.45) is 3.92. The Labute approximate surface area is 111 Å². The summed E-state index contributed by atoms with van der Waals surface area (Å²) in [4.78, 5) is 11.8. The Bertz CT molecular complexity index is 282. The Morgan fingerprint density at radius 2 is 1.89 bits per heavy atom. The molecule has 0 aromatic heterocycles. The van der Waals surface area contributed by atoms with E-state index in [0.29, 0.717) is 18.3 Å². The molecular formula is C15H28O3. The molecular weight excluding hydrogens is 228 g/mol. The Morgan fingerprint density at radius 1 is 1.39 bits per heavy atom. The monoisotopic (exact) mass is 256 g/mol. The van der Waals surface area contributed by atoms with Gasteiger partial charge in [-0.25, -0.2) is 0 Å². The van der Waals surface area contributed by atoms with Crippen molar-refractivity contribution >= 4 is 5.97 Å². The van der Waals surface area contributed by atoms with Crippen LogP contribution >= 0.6 is 0 Å². The van der Waals surface area contributed by atoms with Crippen molar-refractivity contribution in [2.45, 2.75) is 77.9 Å². The summed E-state index contributed by atoms with van der Waals surface area (Å²) in [7, 11) is 0. The normalized spacial score (nSPS) is 29.4. The minimum absolute atomic E-state index is 0.104. The predicted molar refractivity (Wildman–Crippen MR) is 72.2 cm³/mol. The van der Waals surface area contributed by atoms with Gasteiger partial charge in [-0.15, -0.1) is 0 Å². The average Bonchev–Trinajstić information content (AvgIpc) is 2.13. The molecule has 0 aromatic rings. The third-order valence-electron chi connectivity index (χ3n) is 4.00. The molecule has 1 saturated carbocycles. The molecule has 0 radical (unpaired) electrons. The molecule has 1 N–H and O–H groups in total. The second-order valence-corrected chi connectivity index (χ2v) is 6.95. The fourth-order valence-electron chi connectivity index (χ4n) is 2.69. The number of carbonyl (C=O) groups is 1. The molecule has 0 heterocycles. The fourth-order valence-corrected chi connectivity index (χ4v) is 2.69. The molecule has 1 rings (SSSR count). The van der Waals surface area contributed by atoms with Crippen LogP contribution in [0.5, 0.6) is 0 Å². The van der Waals surface area contributed by atoms with Gasteiger partial charge in [-0.2, -0.15) is 0 Å². The number of rotatable bonds is 4. The van der Waals surface area contributed by atoms with Crippen molar-refractivity contribution in [2.75, 3.05) is 0 Å². The van der Waals surface area contributed by atoms with Crippen LogP contribution in [0, 0.1) is 11.8 Å². The van der Waals surface area contributed by atoms with Gasteiger partial charge >= 0.3 is 5.97 Å². The van der Waals surface area contributed by atoms with E-state index in [2.05, 4.69) is 0 Å². The van der Waals surface area contributed by atoms with Crippen molar-refractivity contribution in [1.29, 1.82) is 0 Å². The van der Waals surface area contributed by atoms with Gasteiger partial charge in [0.15, 0.2) is 0 Å². The lowest BCUT2D eigenvalue weighted by atomic mass is 9.73. The predicted octanol–water partition coefficient (Wildman–Crippen LogP) is 3.30. The van der Waals surface area contributed by atoms with E-state index in [1.807, 2.05) is 34.6 Å². The summed E-state index contributed by atoms with van der Waals surface area (Å²) in [6, 6.07) is 0. The smallest absolute Gasteiger partial charge is 0.306 e. The molecule has 0 amide bonds. The van der Waals surface area contributed by atoms with E-state index in [1.165, 1.54) is 0 Å². The van der Waals surface area contributed by atoms with Crippen LogP contribution in [-0.4, -0.2) is 22.3 Å². The van der Waals surface area contributed by atoms with E-state index in [9.17, 15) is 9.90 Å². The van der Waals surface area contributed by atoms with E-state index in [4.69, 9.17) is 4.74 Å². The molecule has 0 aromatic carbocycles. The molecule has 0 atom stereocenters. The van der Waals surface area contributed by atoms with E-state index in [-0.39, 0.29) is 5.97 Å². The van der Waals surface area contributed by atoms with Crippen molar-refractivity contribution in [1.82, 2.24) is 0 Å². The van der Waals surface area contributed by atoms with Crippen molar-refractivity contribution < 1.29 is 14.6 Å². The number of aliphatic hydroxyl groups is 1. The van der Waals surface area contributed by atoms with Crippen LogP contribution < -0.4 is 0 Å². The molecule has 18 heavy (non-hydrogen) atoms. The number of ether oxygens (including phenoxy) is 1. The van der Waals surface area contributed by atoms with Gasteiger partial charge in [0.25, 0.3) is 0 Å². The van der Waals surface area contributed by atoms with E-state index >= 15 is 0 Å². The SMILES string of the molecule is CC(C)CC(=O)OC(C)(C)C1CCC(C)(O)CC1. The lowest BCUT2D eigenvalue weighted by molar-refractivity contribution is -0.165. The second kappa shape index (κ2) is 5.60. The number of hydrogen-bond acceptors (Lipinski definition) is 3. The summed E-state index contributed by atoms with van der Waals surface area (Å²) in [6.45, 7) is 9.92. The molecule has 3 nitrogen and oxygen atoms in total. The summed E-state index contributed by atoms with van der Waals surface area (Å²) in [5.74, 6) is 0.585. The van der Waals surface area contributed by atoms with Crippen molar-refractivity contribution in [3.8, 4) is 0 Å². The highest BCUT2D eigenvalue weighted by molar-refractivity contribution is 5.70. The van der Waals surface area contributed by atoms with Crippen LogP contribution in [0.2, 0.25) is 0 Å². The van der Waals surface area contributed by atoms with Crippen LogP contribution in [0.15, 0.2) is 0 Å². The lowest BCUT2D eigenvalue weighted by Gasteiger charge is -2.41. The molecule has 0 bridgehead atoms. The summed E-state index contributed by atoms with van der Waals surface area (Å²) in [5, 5.41) is 9.95. The number of hydrogen-bond donors (Lipinski definition) is 1. The van der Waals surface area contributed by atoms with Gasteiger partial charge in [0.2, 0.25) is 0 Å². The van der Waals surface area contributed by atoms with Crippen molar-refractivity contribution in [2.24, 2.45) is 11.8 Å². The van der Waals surface area contributed by atoms with Crippen LogP contribution in [0.4, 0.5) is 0 Å². The zero-order valence-electron chi connectivity index (χ0n) is 12.5. The largest absolute Gasteiger partial charge is 0.459 e. The maximum absolute atomic E-state index is 11.8. The zero-order valence-corrected chi connectivity index (χ0v) is 12.5. The number of esters is 1. The van der Waals surface area contributed by atoms with E-state index in [0.717, 1.165) is 25.7 Å². The molecule has 0 unspecified atom stereocenters. The Morgan fingerprint density at radius 3 is 2.33 bits per heavy atom. The third-order valence-corrected chi connectivity index (χ3v) is 4.00. The van der Waals surface area contributed by atoms with Crippen LogP contribution in [0.25, 0.3) is 0 Å². The van der Waals surface area contributed by atoms with Gasteiger partial charge in [-0.3, -0.25) is 4.79 Å². The molecule has 1 aliphatic rings. The van der Waals surface area contributed by atoms with E-state index in [1.54, 1.807) is 0 Å². The second-order valence-electron chi connectivity index (χ2n) is 6.95. The third kappa shape index (κ3) is 4.60. The van der Waals surface area contributed by atoms with Gasteiger partial charge in [-0.1, -0.05) is 13.8 Å². The quantitative estimate of drug-likeness (QED) is 0.785. The number of carbonyl (C=O) groups excluding carboxylic acids is 1. The Hall–Kier alpha value is -0.570. The van der Waals surface area contributed by atoms with Crippen LogP contribution in [0.1, 0.15) is 66.7 Å². The van der Waals surface area contributed by atoms with Crippen LogP contribution in [-0.2, 0) is 9.53 Å². The van der Waals surface area contributed by atoms with E-state index < -0.39 is 11.2 Å². The highest BCUT2D eigenvalue weighted by Gasteiger charge is 2.39. The Kier molecular flexibility index (Phi) is 4.82. The fraction of sp³-hybridized carbons (Fsp3) is 0.933. The zero-order chi connectivity index (χ0) is 14.0. The summed E-state index contributed by atoms with van der Waals surface area (Å²) in [5.41, 5.74) is -0.947. The molecule has 1 aliphatic carbocycles. The minimum Gasteiger partial charge on any atom is -0.459 e. The molecule has 0 spiro atoms. The first-order chi connectivity index (χ1) is 8.12. The first-order valence-corrected chi connectivity index (χ1v) is 7.06. The van der Waals surface area contributed by atoms with Gasteiger partial charge in [0, 0.05) is 6.42 Å². The average molecular weight is 256 g/mol. The van der Waals surface area contributed by atoms with Gasteiger partial charge in [-0.05, 0) is 58.3 Å². The molecule has 0 aliphatic heterocycles.